The van der Waals surface area contributed by atoms with Crippen LogP contribution in [0.15, 0.2) is 24.3 Å². The number of nitrogens with one attached hydrogen (secondary N) is 1. The second kappa shape index (κ2) is 8.75. The van der Waals surface area contributed by atoms with Crippen LogP contribution in [0.3, 0.4) is 0 Å². The summed E-state index contributed by atoms with van der Waals surface area (Å²) in [7, 11) is -4.12. The molecule has 124 valence electrons. The van der Waals surface area contributed by atoms with Crippen molar-refractivity contribution in [1.29, 1.82) is 0 Å². The summed E-state index contributed by atoms with van der Waals surface area (Å²) in [5, 5.41) is 2.96. The fourth-order valence-corrected chi connectivity index (χ4v) is 2.32. The Morgan fingerprint density at radius 3 is 2.50 bits per heavy atom. The molecular weight excluding hydrogens is 306 g/mol. The van der Waals surface area contributed by atoms with Gasteiger partial charge in [0, 0.05) is 5.69 Å². The number of benzene rings is 1. The van der Waals surface area contributed by atoms with Gasteiger partial charge in [-0.2, -0.15) is 8.42 Å². The van der Waals surface area contributed by atoms with Crippen molar-refractivity contribution < 1.29 is 22.5 Å². The van der Waals surface area contributed by atoms with E-state index in [0.717, 1.165) is 18.4 Å². The average Bonchev–Trinajstić information content (AvgIpc) is 2.44. The Morgan fingerprint density at radius 2 is 1.95 bits per heavy atom. The van der Waals surface area contributed by atoms with E-state index in [-0.39, 0.29) is 6.42 Å². The maximum absolute atomic E-state index is 12.0. The summed E-state index contributed by atoms with van der Waals surface area (Å²) in [6, 6.07) is 6.54. The summed E-state index contributed by atoms with van der Waals surface area (Å²) in [4.78, 5) is 12.0. The number of hydrogen-bond acceptors (Lipinski definition) is 5. The lowest BCUT2D eigenvalue weighted by Gasteiger charge is -2.18. The molecule has 0 aromatic heterocycles. The molecule has 0 saturated carbocycles. The maximum Gasteiger partial charge on any atom is 0.328 e. The predicted octanol–water partition coefficient (Wildman–Crippen LogP) is 2.40. The third-order valence-corrected chi connectivity index (χ3v) is 3.84. The number of carbonyl (C=O) groups is 1. The Balaban J connectivity index is 2.71. The number of aryl methyl sites for hydroxylation is 1. The largest absolute Gasteiger partial charge is 0.464 e. The molecule has 0 bridgehead atoms. The molecule has 0 heterocycles. The summed E-state index contributed by atoms with van der Waals surface area (Å²) < 4.78 is 35.8. The summed E-state index contributed by atoms with van der Waals surface area (Å²) >= 11 is 0. The zero-order valence-corrected chi connectivity index (χ0v) is 13.7. The van der Waals surface area contributed by atoms with Gasteiger partial charge in [0.25, 0.3) is 10.1 Å². The van der Waals surface area contributed by atoms with Crippen LogP contribution in [0.5, 0.6) is 0 Å². The molecule has 0 aliphatic heterocycles. The van der Waals surface area contributed by atoms with E-state index in [1.807, 2.05) is 26.0 Å². The maximum atomic E-state index is 12.0. The Hall–Kier alpha value is -1.60. The zero-order valence-electron chi connectivity index (χ0n) is 12.9. The Labute approximate surface area is 131 Å². The van der Waals surface area contributed by atoms with E-state index in [1.165, 1.54) is 0 Å². The highest BCUT2D eigenvalue weighted by Gasteiger charge is 2.22. The molecule has 0 aliphatic carbocycles. The van der Waals surface area contributed by atoms with Gasteiger partial charge in [0.2, 0.25) is 0 Å². The van der Waals surface area contributed by atoms with Crippen LogP contribution in [-0.4, -0.2) is 37.3 Å². The summed E-state index contributed by atoms with van der Waals surface area (Å²) in [6.07, 6.45) is 1.59. The summed E-state index contributed by atoms with van der Waals surface area (Å²) in [5.74, 6) is -1.02. The highest BCUT2D eigenvalue weighted by atomic mass is 32.2. The lowest BCUT2D eigenvalue weighted by atomic mass is 10.2. The third kappa shape index (κ3) is 7.42. The average molecular weight is 329 g/mol. The molecule has 1 atom stereocenters. The molecule has 1 aromatic rings. The van der Waals surface area contributed by atoms with Crippen LogP contribution in [0, 0.1) is 6.92 Å². The first-order chi connectivity index (χ1) is 10.3. The molecular formula is C15H23NO5S. The molecule has 7 heteroatoms. The van der Waals surface area contributed by atoms with E-state index in [4.69, 9.17) is 9.29 Å². The number of rotatable bonds is 9. The van der Waals surface area contributed by atoms with E-state index >= 15 is 0 Å². The van der Waals surface area contributed by atoms with Gasteiger partial charge in [0.1, 0.15) is 6.04 Å². The molecule has 6 nitrogen and oxygen atoms in total. The van der Waals surface area contributed by atoms with Gasteiger partial charge in [-0.15, -0.1) is 0 Å². The van der Waals surface area contributed by atoms with Crippen molar-refractivity contribution >= 4 is 21.8 Å². The van der Waals surface area contributed by atoms with Gasteiger partial charge < -0.3 is 10.1 Å². The van der Waals surface area contributed by atoms with Crippen molar-refractivity contribution in [2.24, 2.45) is 0 Å². The molecule has 22 heavy (non-hydrogen) atoms. The van der Waals surface area contributed by atoms with Gasteiger partial charge in [-0.25, -0.2) is 4.79 Å². The van der Waals surface area contributed by atoms with Gasteiger partial charge in [-0.3, -0.25) is 4.55 Å². The van der Waals surface area contributed by atoms with Crippen molar-refractivity contribution in [3.63, 3.8) is 0 Å². The number of anilines is 1. The van der Waals surface area contributed by atoms with E-state index in [9.17, 15) is 13.2 Å². The Bertz CT molecular complexity index is 568. The predicted molar refractivity (Wildman–Crippen MR) is 85.5 cm³/mol. The van der Waals surface area contributed by atoms with E-state index in [2.05, 4.69) is 5.32 Å². The first-order valence-electron chi connectivity index (χ1n) is 7.27. The van der Waals surface area contributed by atoms with Crippen molar-refractivity contribution in [2.45, 2.75) is 39.2 Å². The molecule has 0 unspecified atom stereocenters. The second-order valence-corrected chi connectivity index (χ2v) is 6.73. The topological polar surface area (TPSA) is 92.7 Å². The molecule has 0 fully saturated rings. The number of esters is 1. The zero-order chi connectivity index (χ0) is 16.6. The van der Waals surface area contributed by atoms with Crippen LogP contribution in [0.2, 0.25) is 0 Å². The number of unbranched alkanes of at least 4 members (excludes halogenated alkanes) is 1. The second-order valence-electron chi connectivity index (χ2n) is 5.16. The van der Waals surface area contributed by atoms with Crippen molar-refractivity contribution in [3.05, 3.63) is 29.8 Å². The molecule has 0 aliphatic rings. The third-order valence-electron chi connectivity index (χ3n) is 3.08. The molecule has 0 amide bonds. The Morgan fingerprint density at radius 1 is 1.32 bits per heavy atom. The lowest BCUT2D eigenvalue weighted by molar-refractivity contribution is -0.144. The number of ether oxygens (including phenoxy) is 1. The van der Waals surface area contributed by atoms with E-state index in [0.29, 0.717) is 12.3 Å². The van der Waals surface area contributed by atoms with Crippen LogP contribution in [-0.2, 0) is 19.6 Å². The number of hydrogen-bond donors (Lipinski definition) is 2. The smallest absolute Gasteiger partial charge is 0.328 e. The minimum Gasteiger partial charge on any atom is -0.464 e. The molecule has 1 rings (SSSR count). The minimum absolute atomic E-state index is 0.0579. The quantitative estimate of drug-likeness (QED) is 0.410. The van der Waals surface area contributed by atoms with E-state index in [1.54, 1.807) is 12.1 Å². The van der Waals surface area contributed by atoms with Gasteiger partial charge in [-0.1, -0.05) is 31.0 Å². The first kappa shape index (κ1) is 18.4. The molecule has 0 spiro atoms. The van der Waals surface area contributed by atoms with E-state index < -0.39 is 27.9 Å². The SMILES string of the molecule is CCCCOC(=O)[C@H](CCS(=O)(=O)O)Nc1ccc(C)cc1. The van der Waals surface area contributed by atoms with Crippen LogP contribution >= 0.6 is 0 Å². The van der Waals surface area contributed by atoms with Crippen molar-refractivity contribution in [2.75, 3.05) is 17.7 Å². The summed E-state index contributed by atoms with van der Waals surface area (Å²) in [5.41, 5.74) is 1.77. The molecule has 0 radical (unpaired) electrons. The van der Waals surface area contributed by atoms with Crippen molar-refractivity contribution in [1.82, 2.24) is 0 Å². The standard InChI is InChI=1S/C15H23NO5S/c1-3-4-10-21-15(17)14(9-11-22(18,19)20)16-13-7-5-12(2)6-8-13/h5-8,14,16H,3-4,9-11H2,1-2H3,(H,18,19,20)/t14-/m0/s1. The lowest BCUT2D eigenvalue weighted by Crippen LogP contribution is -2.33. The van der Waals surface area contributed by atoms with Gasteiger partial charge in [0.15, 0.2) is 0 Å². The highest BCUT2D eigenvalue weighted by molar-refractivity contribution is 7.85. The fourth-order valence-electron chi connectivity index (χ4n) is 1.78. The fraction of sp³-hybridized carbons (Fsp3) is 0.533. The van der Waals surface area contributed by atoms with Crippen LogP contribution in [0.1, 0.15) is 31.7 Å². The molecule has 1 aromatic carbocycles. The normalized spacial score (nSPS) is 12.7. The van der Waals surface area contributed by atoms with Crippen molar-refractivity contribution in [3.8, 4) is 0 Å². The van der Waals surface area contributed by atoms with Crippen LogP contribution in [0.4, 0.5) is 5.69 Å². The minimum atomic E-state index is -4.12. The monoisotopic (exact) mass is 329 g/mol. The number of carbonyl (C=O) groups excluding carboxylic acids is 1. The van der Waals surface area contributed by atoms with Gasteiger partial charge in [-0.05, 0) is 31.9 Å². The van der Waals surface area contributed by atoms with Gasteiger partial charge in [0.05, 0.1) is 12.4 Å². The Kier molecular flexibility index (Phi) is 7.34. The summed E-state index contributed by atoms with van der Waals surface area (Å²) in [6.45, 7) is 4.22. The first-order valence-corrected chi connectivity index (χ1v) is 8.87. The highest BCUT2D eigenvalue weighted by Crippen LogP contribution is 2.13. The molecule has 0 saturated heterocycles. The van der Waals surface area contributed by atoms with Crippen LogP contribution in [0.25, 0.3) is 0 Å². The van der Waals surface area contributed by atoms with Crippen LogP contribution < -0.4 is 5.32 Å². The molecule has 2 N–H and O–H groups in total. The van der Waals surface area contributed by atoms with Gasteiger partial charge >= 0.3 is 5.97 Å².